The van der Waals surface area contributed by atoms with Gasteiger partial charge in [0.15, 0.2) is 0 Å². The molecule has 0 N–H and O–H groups in total. The average molecular weight is 205 g/mol. The Kier molecular flexibility index (Phi) is 3.85. The summed E-state index contributed by atoms with van der Waals surface area (Å²) >= 11 is 0. The molecule has 0 heterocycles. The van der Waals surface area contributed by atoms with Crippen LogP contribution in [0.3, 0.4) is 0 Å². The van der Waals surface area contributed by atoms with Gasteiger partial charge in [0.05, 0.1) is 11.5 Å². The van der Waals surface area contributed by atoms with E-state index in [1.54, 1.807) is 6.07 Å². The third kappa shape index (κ3) is 2.79. The zero-order chi connectivity index (χ0) is 11.3. The third-order valence-electron chi connectivity index (χ3n) is 3.02. The minimum Gasteiger partial charge on any atom is -0.207 e. The van der Waals surface area contributed by atoms with E-state index in [1.807, 2.05) is 19.9 Å². The van der Waals surface area contributed by atoms with E-state index in [9.17, 15) is 4.39 Å². The number of hydrogen-bond acceptors (Lipinski definition) is 1. The van der Waals surface area contributed by atoms with Crippen LogP contribution in [0, 0.1) is 22.6 Å². The summed E-state index contributed by atoms with van der Waals surface area (Å²) in [6, 6.07) is 8.87. The molecule has 0 atom stereocenters. The Morgan fingerprint density at radius 2 is 2.00 bits per heavy atom. The van der Waals surface area contributed by atoms with E-state index in [-0.39, 0.29) is 11.2 Å². The van der Waals surface area contributed by atoms with Crippen LogP contribution in [0.2, 0.25) is 0 Å². The van der Waals surface area contributed by atoms with Crippen LogP contribution in [0.15, 0.2) is 24.3 Å². The number of benzene rings is 1. The van der Waals surface area contributed by atoms with Gasteiger partial charge in [-0.15, -0.1) is 0 Å². The van der Waals surface area contributed by atoms with Crippen LogP contribution in [-0.4, -0.2) is 0 Å². The van der Waals surface area contributed by atoms with Crippen molar-refractivity contribution in [3.63, 3.8) is 0 Å². The van der Waals surface area contributed by atoms with Gasteiger partial charge in [0.2, 0.25) is 0 Å². The van der Waals surface area contributed by atoms with Crippen molar-refractivity contribution in [2.45, 2.75) is 33.1 Å². The fraction of sp³-hybridized carbons (Fsp3) is 0.462. The van der Waals surface area contributed by atoms with Gasteiger partial charge in [0.25, 0.3) is 0 Å². The van der Waals surface area contributed by atoms with Crippen molar-refractivity contribution in [3.8, 4) is 6.07 Å². The van der Waals surface area contributed by atoms with E-state index in [1.165, 1.54) is 12.1 Å². The maximum atomic E-state index is 13.0. The summed E-state index contributed by atoms with van der Waals surface area (Å²) in [5.74, 6) is -0.230. The Morgan fingerprint density at radius 3 is 2.47 bits per heavy atom. The molecule has 0 spiro atoms. The van der Waals surface area contributed by atoms with E-state index in [0.717, 1.165) is 18.4 Å². The predicted molar refractivity (Wildman–Crippen MR) is 58.7 cm³/mol. The minimum absolute atomic E-state index is 0.230. The normalized spacial score (nSPS) is 11.1. The quantitative estimate of drug-likeness (QED) is 0.735. The Morgan fingerprint density at radius 1 is 1.33 bits per heavy atom. The highest BCUT2D eigenvalue weighted by molar-refractivity contribution is 5.20. The summed E-state index contributed by atoms with van der Waals surface area (Å²) in [6.45, 7) is 4.01. The lowest BCUT2D eigenvalue weighted by atomic mass is 9.78. The Bertz CT molecular complexity index is 361. The first kappa shape index (κ1) is 11.7. The van der Waals surface area contributed by atoms with Crippen LogP contribution in [0.1, 0.15) is 32.3 Å². The fourth-order valence-corrected chi connectivity index (χ4v) is 1.74. The molecule has 15 heavy (non-hydrogen) atoms. The second-order valence-corrected chi connectivity index (χ2v) is 3.91. The lowest BCUT2D eigenvalue weighted by molar-refractivity contribution is 0.363. The molecule has 0 amide bonds. The van der Waals surface area contributed by atoms with Crippen LogP contribution in [0.25, 0.3) is 0 Å². The molecule has 0 aliphatic carbocycles. The van der Waals surface area contributed by atoms with Crippen LogP contribution >= 0.6 is 0 Å². The smallest absolute Gasteiger partial charge is 0.123 e. The standard InChI is InChI=1S/C13H16FN/c1-3-13(4-2,10-15)9-11-6-5-7-12(14)8-11/h5-8H,3-4,9H2,1-2H3. The third-order valence-corrected chi connectivity index (χ3v) is 3.02. The van der Waals surface area contributed by atoms with Crippen molar-refractivity contribution in [3.05, 3.63) is 35.6 Å². The molecule has 2 heteroatoms. The number of rotatable bonds is 4. The molecule has 0 aliphatic rings. The van der Waals surface area contributed by atoms with Gasteiger partial charge in [-0.2, -0.15) is 5.26 Å². The molecule has 0 unspecified atom stereocenters. The topological polar surface area (TPSA) is 23.8 Å². The van der Waals surface area contributed by atoms with Crippen molar-refractivity contribution in [2.24, 2.45) is 5.41 Å². The Balaban J connectivity index is 2.89. The molecular formula is C13H16FN. The molecule has 80 valence electrons. The predicted octanol–water partition coefficient (Wildman–Crippen LogP) is 3.70. The lowest BCUT2D eigenvalue weighted by Gasteiger charge is -2.23. The van der Waals surface area contributed by atoms with Crippen molar-refractivity contribution in [1.29, 1.82) is 5.26 Å². The van der Waals surface area contributed by atoms with Gasteiger partial charge in [-0.25, -0.2) is 4.39 Å². The molecule has 1 aromatic carbocycles. The van der Waals surface area contributed by atoms with Gasteiger partial charge in [0, 0.05) is 0 Å². The molecule has 0 bridgehead atoms. The second kappa shape index (κ2) is 4.93. The molecule has 0 radical (unpaired) electrons. The molecule has 1 nitrogen and oxygen atoms in total. The summed E-state index contributed by atoms with van der Waals surface area (Å²) in [4.78, 5) is 0. The van der Waals surface area contributed by atoms with Gasteiger partial charge < -0.3 is 0 Å². The van der Waals surface area contributed by atoms with Crippen LogP contribution in [0.4, 0.5) is 4.39 Å². The fourth-order valence-electron chi connectivity index (χ4n) is 1.74. The SMILES string of the molecule is CCC(C#N)(CC)Cc1cccc(F)c1. The van der Waals surface area contributed by atoms with Crippen molar-refractivity contribution >= 4 is 0 Å². The summed E-state index contributed by atoms with van der Waals surface area (Å²) in [5.41, 5.74) is 0.564. The van der Waals surface area contributed by atoms with Gasteiger partial charge in [-0.1, -0.05) is 26.0 Å². The van der Waals surface area contributed by atoms with E-state index in [0.29, 0.717) is 6.42 Å². The molecule has 0 fully saturated rings. The highest BCUT2D eigenvalue weighted by atomic mass is 19.1. The average Bonchev–Trinajstić information content (AvgIpc) is 2.26. The highest BCUT2D eigenvalue weighted by Gasteiger charge is 2.25. The van der Waals surface area contributed by atoms with Gasteiger partial charge in [-0.3, -0.25) is 0 Å². The molecule has 0 saturated carbocycles. The molecule has 1 rings (SSSR count). The number of nitrogens with zero attached hydrogens (tertiary/aromatic N) is 1. The van der Waals surface area contributed by atoms with Gasteiger partial charge in [0.1, 0.15) is 5.82 Å². The van der Waals surface area contributed by atoms with Crippen molar-refractivity contribution < 1.29 is 4.39 Å². The highest BCUT2D eigenvalue weighted by Crippen LogP contribution is 2.30. The van der Waals surface area contributed by atoms with E-state index in [2.05, 4.69) is 6.07 Å². The summed E-state index contributed by atoms with van der Waals surface area (Å²) < 4.78 is 13.0. The summed E-state index contributed by atoms with van der Waals surface area (Å²) in [6.07, 6.45) is 2.24. The Hall–Kier alpha value is -1.36. The van der Waals surface area contributed by atoms with Crippen LogP contribution < -0.4 is 0 Å². The zero-order valence-electron chi connectivity index (χ0n) is 9.26. The first-order valence-electron chi connectivity index (χ1n) is 5.31. The number of halogens is 1. The monoisotopic (exact) mass is 205 g/mol. The van der Waals surface area contributed by atoms with Crippen molar-refractivity contribution in [2.75, 3.05) is 0 Å². The molecule has 0 saturated heterocycles. The van der Waals surface area contributed by atoms with Gasteiger partial charge in [-0.05, 0) is 37.0 Å². The number of hydrogen-bond donors (Lipinski definition) is 0. The van der Waals surface area contributed by atoms with Crippen molar-refractivity contribution in [1.82, 2.24) is 0 Å². The molecule has 0 aromatic heterocycles. The van der Waals surface area contributed by atoms with Crippen LogP contribution in [-0.2, 0) is 6.42 Å². The Labute approximate surface area is 90.5 Å². The van der Waals surface area contributed by atoms with E-state index < -0.39 is 0 Å². The first-order valence-corrected chi connectivity index (χ1v) is 5.31. The molecule has 0 aliphatic heterocycles. The minimum atomic E-state index is -0.339. The zero-order valence-corrected chi connectivity index (χ0v) is 9.26. The van der Waals surface area contributed by atoms with E-state index >= 15 is 0 Å². The number of nitriles is 1. The summed E-state index contributed by atoms with van der Waals surface area (Å²) in [7, 11) is 0. The summed E-state index contributed by atoms with van der Waals surface area (Å²) in [5, 5.41) is 9.16. The molecule has 1 aromatic rings. The van der Waals surface area contributed by atoms with Crippen LogP contribution in [0.5, 0.6) is 0 Å². The van der Waals surface area contributed by atoms with E-state index in [4.69, 9.17) is 5.26 Å². The maximum absolute atomic E-state index is 13.0. The largest absolute Gasteiger partial charge is 0.207 e. The van der Waals surface area contributed by atoms with Gasteiger partial charge >= 0.3 is 0 Å². The lowest BCUT2D eigenvalue weighted by Crippen LogP contribution is -2.19. The maximum Gasteiger partial charge on any atom is 0.123 e. The first-order chi connectivity index (χ1) is 7.15. The molecular weight excluding hydrogens is 189 g/mol. The second-order valence-electron chi connectivity index (χ2n) is 3.91.